The van der Waals surface area contributed by atoms with Crippen molar-refractivity contribution in [3.8, 4) is 5.75 Å². The van der Waals surface area contributed by atoms with E-state index in [1.165, 1.54) is 0 Å². The van der Waals surface area contributed by atoms with Crippen LogP contribution in [0.15, 0.2) is 18.2 Å². The number of carbonyl (C=O) groups excluding carboxylic acids is 1. The fraction of sp³-hybridized carbons (Fsp3) is 0.562. The molecule has 0 aliphatic heterocycles. The zero-order chi connectivity index (χ0) is 14.4. The Kier molecular flexibility index (Phi) is 6.03. The summed E-state index contributed by atoms with van der Waals surface area (Å²) in [7, 11) is 1.61. The highest BCUT2D eigenvalue weighted by molar-refractivity contribution is 6.00. The van der Waals surface area contributed by atoms with E-state index in [2.05, 4.69) is 25.7 Å². The lowest BCUT2D eigenvalue weighted by molar-refractivity contribution is 0.0903. The van der Waals surface area contributed by atoms with Crippen LogP contribution in [0.1, 0.15) is 43.1 Å². The Labute approximate surface area is 116 Å². The van der Waals surface area contributed by atoms with Gasteiger partial charge in [-0.3, -0.25) is 9.69 Å². The minimum absolute atomic E-state index is 0.124. The molecule has 0 aliphatic rings. The summed E-state index contributed by atoms with van der Waals surface area (Å²) in [6.07, 6.45) is 1.05. The van der Waals surface area contributed by atoms with Crippen molar-refractivity contribution in [2.45, 2.75) is 40.2 Å². The molecule has 0 atom stereocenters. The standard InChI is InChI=1S/C16H25NO2/c1-6-9-17(12(2)3)11-15(18)14-8-7-13(4)10-16(14)19-5/h7-8,10,12H,6,9,11H2,1-5H3. The molecule has 0 bridgehead atoms. The normalized spacial score (nSPS) is 11.1. The molecule has 19 heavy (non-hydrogen) atoms. The average Bonchev–Trinajstić information content (AvgIpc) is 2.37. The van der Waals surface area contributed by atoms with Crippen molar-refractivity contribution in [3.63, 3.8) is 0 Å². The summed E-state index contributed by atoms with van der Waals surface area (Å²) in [6, 6.07) is 6.10. The van der Waals surface area contributed by atoms with Gasteiger partial charge in [-0.2, -0.15) is 0 Å². The molecule has 0 heterocycles. The molecule has 0 saturated heterocycles. The molecular weight excluding hydrogens is 238 g/mol. The summed E-state index contributed by atoms with van der Waals surface area (Å²) in [5, 5.41) is 0. The predicted octanol–water partition coefficient (Wildman–Crippen LogP) is 3.31. The quantitative estimate of drug-likeness (QED) is 0.707. The van der Waals surface area contributed by atoms with Gasteiger partial charge in [0, 0.05) is 6.04 Å². The van der Waals surface area contributed by atoms with E-state index >= 15 is 0 Å². The minimum Gasteiger partial charge on any atom is -0.496 e. The Balaban J connectivity index is 2.88. The van der Waals surface area contributed by atoms with Crippen LogP contribution >= 0.6 is 0 Å². The van der Waals surface area contributed by atoms with Crippen molar-refractivity contribution in [1.82, 2.24) is 4.90 Å². The summed E-state index contributed by atoms with van der Waals surface area (Å²) in [4.78, 5) is 14.6. The number of rotatable bonds is 7. The van der Waals surface area contributed by atoms with Crippen molar-refractivity contribution in [2.24, 2.45) is 0 Å². The van der Waals surface area contributed by atoms with Gasteiger partial charge in [0.05, 0.1) is 19.2 Å². The minimum atomic E-state index is 0.124. The number of aryl methyl sites for hydroxylation is 1. The van der Waals surface area contributed by atoms with Crippen molar-refractivity contribution < 1.29 is 9.53 Å². The molecule has 0 unspecified atom stereocenters. The Hall–Kier alpha value is -1.35. The van der Waals surface area contributed by atoms with Crippen LogP contribution in [-0.2, 0) is 0 Å². The highest BCUT2D eigenvalue weighted by Gasteiger charge is 2.17. The van der Waals surface area contributed by atoms with Crippen molar-refractivity contribution in [3.05, 3.63) is 29.3 Å². The van der Waals surface area contributed by atoms with Crippen LogP contribution in [0.4, 0.5) is 0 Å². The van der Waals surface area contributed by atoms with Crippen LogP contribution in [0.5, 0.6) is 5.75 Å². The average molecular weight is 263 g/mol. The van der Waals surface area contributed by atoms with Gasteiger partial charge < -0.3 is 4.74 Å². The largest absolute Gasteiger partial charge is 0.496 e. The fourth-order valence-electron chi connectivity index (χ4n) is 2.11. The van der Waals surface area contributed by atoms with Gasteiger partial charge in [0.2, 0.25) is 0 Å². The number of ether oxygens (including phenoxy) is 1. The first-order chi connectivity index (χ1) is 8.99. The third-order valence-corrected chi connectivity index (χ3v) is 3.25. The highest BCUT2D eigenvalue weighted by atomic mass is 16.5. The molecule has 0 radical (unpaired) electrons. The molecule has 106 valence electrons. The van der Waals surface area contributed by atoms with Gasteiger partial charge in [-0.1, -0.05) is 13.0 Å². The predicted molar refractivity (Wildman–Crippen MR) is 79.1 cm³/mol. The van der Waals surface area contributed by atoms with Gasteiger partial charge >= 0.3 is 0 Å². The maximum atomic E-state index is 12.4. The van der Waals surface area contributed by atoms with Crippen LogP contribution in [0.2, 0.25) is 0 Å². The molecule has 0 amide bonds. The number of Topliss-reactive ketones (excluding diaryl/α,β-unsaturated/α-hetero) is 1. The zero-order valence-electron chi connectivity index (χ0n) is 12.7. The second-order valence-corrected chi connectivity index (χ2v) is 5.19. The number of benzene rings is 1. The van der Waals surface area contributed by atoms with E-state index in [4.69, 9.17) is 4.74 Å². The van der Waals surface area contributed by atoms with E-state index in [9.17, 15) is 4.79 Å². The van der Waals surface area contributed by atoms with Crippen LogP contribution in [0.3, 0.4) is 0 Å². The van der Waals surface area contributed by atoms with Gasteiger partial charge in [-0.15, -0.1) is 0 Å². The Morgan fingerprint density at radius 1 is 1.37 bits per heavy atom. The van der Waals surface area contributed by atoms with E-state index < -0.39 is 0 Å². The van der Waals surface area contributed by atoms with Gasteiger partial charge in [-0.25, -0.2) is 0 Å². The number of ketones is 1. The smallest absolute Gasteiger partial charge is 0.180 e. The molecule has 1 rings (SSSR count). The first-order valence-corrected chi connectivity index (χ1v) is 6.91. The second-order valence-electron chi connectivity index (χ2n) is 5.19. The topological polar surface area (TPSA) is 29.5 Å². The van der Waals surface area contributed by atoms with Gasteiger partial charge in [0.1, 0.15) is 5.75 Å². The molecule has 0 aromatic heterocycles. The summed E-state index contributed by atoms with van der Waals surface area (Å²) in [5.74, 6) is 0.796. The Bertz CT molecular complexity index is 427. The Morgan fingerprint density at radius 3 is 2.58 bits per heavy atom. The lowest BCUT2D eigenvalue weighted by Gasteiger charge is -2.25. The first-order valence-electron chi connectivity index (χ1n) is 6.91. The van der Waals surface area contributed by atoms with Gasteiger partial charge in [0.15, 0.2) is 5.78 Å². The lowest BCUT2D eigenvalue weighted by Crippen LogP contribution is -2.36. The van der Waals surface area contributed by atoms with Gasteiger partial charge in [-0.05, 0) is 51.4 Å². The van der Waals surface area contributed by atoms with Gasteiger partial charge in [0.25, 0.3) is 0 Å². The van der Waals surface area contributed by atoms with Crippen molar-refractivity contribution >= 4 is 5.78 Å². The lowest BCUT2D eigenvalue weighted by atomic mass is 10.1. The van der Waals surface area contributed by atoms with Crippen LogP contribution in [-0.4, -0.2) is 36.9 Å². The van der Waals surface area contributed by atoms with E-state index in [0.717, 1.165) is 18.5 Å². The highest BCUT2D eigenvalue weighted by Crippen LogP contribution is 2.21. The molecule has 1 aromatic carbocycles. The number of carbonyl (C=O) groups is 1. The maximum Gasteiger partial charge on any atom is 0.180 e. The van der Waals surface area contributed by atoms with Crippen molar-refractivity contribution in [1.29, 1.82) is 0 Å². The summed E-state index contributed by atoms with van der Waals surface area (Å²) in [6.45, 7) is 9.76. The number of nitrogens with zero attached hydrogens (tertiary/aromatic N) is 1. The van der Waals surface area contributed by atoms with Crippen LogP contribution < -0.4 is 4.74 Å². The van der Waals surface area contributed by atoms with Crippen LogP contribution in [0.25, 0.3) is 0 Å². The monoisotopic (exact) mass is 263 g/mol. The molecule has 0 saturated carbocycles. The summed E-state index contributed by atoms with van der Waals surface area (Å²) >= 11 is 0. The number of hydrogen-bond donors (Lipinski definition) is 0. The molecule has 0 aliphatic carbocycles. The van der Waals surface area contributed by atoms with Crippen LogP contribution in [0, 0.1) is 6.92 Å². The molecule has 3 heteroatoms. The molecular formula is C16H25NO2. The first kappa shape index (κ1) is 15.7. The third kappa shape index (κ3) is 4.35. The van der Waals surface area contributed by atoms with E-state index in [0.29, 0.717) is 23.9 Å². The maximum absolute atomic E-state index is 12.4. The summed E-state index contributed by atoms with van der Waals surface area (Å²) in [5.41, 5.74) is 1.78. The number of methoxy groups -OCH3 is 1. The SMILES string of the molecule is CCCN(CC(=O)c1ccc(C)cc1OC)C(C)C. The second kappa shape index (κ2) is 7.29. The molecule has 0 N–H and O–H groups in total. The summed E-state index contributed by atoms with van der Waals surface area (Å²) < 4.78 is 5.31. The molecule has 3 nitrogen and oxygen atoms in total. The number of hydrogen-bond acceptors (Lipinski definition) is 3. The zero-order valence-corrected chi connectivity index (χ0v) is 12.7. The molecule has 0 fully saturated rings. The molecule has 0 spiro atoms. The third-order valence-electron chi connectivity index (χ3n) is 3.25. The fourth-order valence-corrected chi connectivity index (χ4v) is 2.11. The molecule has 1 aromatic rings. The van der Waals surface area contributed by atoms with Crippen molar-refractivity contribution in [2.75, 3.05) is 20.2 Å². The van der Waals surface area contributed by atoms with E-state index in [1.807, 2.05) is 25.1 Å². The van der Waals surface area contributed by atoms with E-state index in [-0.39, 0.29) is 5.78 Å². The Morgan fingerprint density at radius 2 is 2.05 bits per heavy atom. The van der Waals surface area contributed by atoms with E-state index in [1.54, 1.807) is 7.11 Å².